The van der Waals surface area contributed by atoms with Gasteiger partial charge in [-0.05, 0) is 56.6 Å². The molecule has 1 aromatic heterocycles. The van der Waals surface area contributed by atoms with Gasteiger partial charge < -0.3 is 4.90 Å². The molecule has 3 nitrogen and oxygen atoms in total. The summed E-state index contributed by atoms with van der Waals surface area (Å²) in [6.45, 7) is 10.8. The van der Waals surface area contributed by atoms with Crippen LogP contribution in [-0.4, -0.2) is 28.9 Å². The topological polar surface area (TPSA) is 33.2 Å². The fraction of sp³-hybridized carbons (Fsp3) is 0.727. The van der Waals surface area contributed by atoms with E-state index in [1.54, 1.807) is 0 Å². The molecule has 25 heavy (non-hydrogen) atoms. The van der Waals surface area contributed by atoms with Crippen LogP contribution in [0.5, 0.6) is 0 Å². The van der Waals surface area contributed by atoms with E-state index in [0.29, 0.717) is 17.2 Å². The van der Waals surface area contributed by atoms with Crippen molar-refractivity contribution in [2.45, 2.75) is 79.1 Å². The summed E-state index contributed by atoms with van der Waals surface area (Å²) in [4.78, 5) is 18.3. The number of rotatable bonds is 5. The van der Waals surface area contributed by atoms with Crippen molar-refractivity contribution < 1.29 is 4.79 Å². The number of amides is 1. The lowest BCUT2D eigenvalue weighted by atomic mass is 9.75. The molecule has 0 radical (unpaired) electrons. The van der Waals surface area contributed by atoms with Gasteiger partial charge in [-0.3, -0.25) is 9.78 Å². The third-order valence-electron chi connectivity index (χ3n) is 6.30. The van der Waals surface area contributed by atoms with E-state index >= 15 is 0 Å². The van der Waals surface area contributed by atoms with Crippen LogP contribution in [0.2, 0.25) is 0 Å². The average molecular weight is 345 g/mol. The van der Waals surface area contributed by atoms with Crippen molar-refractivity contribution in [2.75, 3.05) is 13.1 Å². The van der Waals surface area contributed by atoms with Gasteiger partial charge in [0.1, 0.15) is 0 Å². The number of carbonyl (C=O) groups is 1. The normalized spacial score (nSPS) is 19.1. The smallest absolute Gasteiger partial charge is 0.222 e. The van der Waals surface area contributed by atoms with Crippen LogP contribution >= 0.6 is 0 Å². The Labute approximate surface area is 154 Å². The molecule has 2 aliphatic rings. The van der Waals surface area contributed by atoms with Gasteiger partial charge in [-0.15, -0.1) is 0 Å². The average Bonchev–Trinajstić information content (AvgIpc) is 3.09. The fourth-order valence-corrected chi connectivity index (χ4v) is 4.12. The van der Waals surface area contributed by atoms with Gasteiger partial charge in [-0.2, -0.15) is 0 Å². The number of pyridine rings is 1. The molecule has 0 aromatic carbocycles. The summed E-state index contributed by atoms with van der Waals surface area (Å²) in [5.41, 5.74) is 2.96. The SMILES string of the molecule is CCC1(CC)CN(C(=O)CC2CCCC2)C1.CCc1ncccc1C. The highest BCUT2D eigenvalue weighted by Crippen LogP contribution is 2.38. The lowest BCUT2D eigenvalue weighted by Gasteiger charge is -2.50. The van der Waals surface area contributed by atoms with Crippen LogP contribution in [0.4, 0.5) is 0 Å². The second-order valence-corrected chi connectivity index (χ2v) is 7.93. The number of carbonyl (C=O) groups excluding carboxylic acids is 1. The van der Waals surface area contributed by atoms with Gasteiger partial charge >= 0.3 is 0 Å². The summed E-state index contributed by atoms with van der Waals surface area (Å²) in [6, 6.07) is 4.06. The summed E-state index contributed by atoms with van der Waals surface area (Å²) >= 11 is 0. The number of hydrogen-bond donors (Lipinski definition) is 0. The van der Waals surface area contributed by atoms with Gasteiger partial charge in [0.2, 0.25) is 5.91 Å². The first kappa shape index (κ1) is 19.9. The van der Waals surface area contributed by atoms with E-state index in [1.165, 1.54) is 49.8 Å². The number of nitrogens with zero attached hydrogens (tertiary/aromatic N) is 2. The monoisotopic (exact) mass is 344 g/mol. The number of hydrogen-bond acceptors (Lipinski definition) is 2. The minimum absolute atomic E-state index is 0.421. The minimum atomic E-state index is 0.421. The molecule has 2 fully saturated rings. The maximum atomic E-state index is 12.0. The van der Waals surface area contributed by atoms with Crippen LogP contribution in [0, 0.1) is 18.3 Å². The van der Waals surface area contributed by atoms with Crippen LogP contribution in [0.25, 0.3) is 0 Å². The maximum Gasteiger partial charge on any atom is 0.222 e. The van der Waals surface area contributed by atoms with E-state index in [4.69, 9.17) is 0 Å². The van der Waals surface area contributed by atoms with Crippen molar-refractivity contribution in [3.63, 3.8) is 0 Å². The maximum absolute atomic E-state index is 12.0. The Morgan fingerprint density at radius 2 is 1.84 bits per heavy atom. The van der Waals surface area contributed by atoms with Crippen molar-refractivity contribution in [3.8, 4) is 0 Å². The molecule has 1 aliphatic heterocycles. The molecule has 0 spiro atoms. The van der Waals surface area contributed by atoms with Crippen LogP contribution < -0.4 is 0 Å². The predicted octanol–water partition coefficient (Wildman–Crippen LogP) is 5.17. The lowest BCUT2D eigenvalue weighted by Crippen LogP contribution is -2.58. The first-order chi connectivity index (χ1) is 12.0. The van der Waals surface area contributed by atoms with Gasteiger partial charge in [0, 0.05) is 36.8 Å². The molecule has 3 heteroatoms. The van der Waals surface area contributed by atoms with Gasteiger partial charge in [0.05, 0.1) is 0 Å². The molecule has 1 aliphatic carbocycles. The standard InChI is InChI=1S/C14H25NO.C8H11N/c1-3-14(4-2)10-15(11-14)13(16)9-12-7-5-6-8-12;1-3-8-7(2)5-4-6-9-8/h12H,3-11H2,1-2H3;4-6H,3H2,1-2H3. The molecule has 140 valence electrons. The zero-order valence-electron chi connectivity index (χ0n) is 16.7. The number of aromatic nitrogens is 1. The Morgan fingerprint density at radius 3 is 2.32 bits per heavy atom. The zero-order chi connectivity index (χ0) is 18.3. The third kappa shape index (κ3) is 5.29. The molecular weight excluding hydrogens is 308 g/mol. The fourth-order valence-electron chi connectivity index (χ4n) is 4.12. The molecule has 2 heterocycles. The second kappa shape index (κ2) is 9.35. The Kier molecular flexibility index (Phi) is 7.46. The Morgan fingerprint density at radius 1 is 1.20 bits per heavy atom. The quantitative estimate of drug-likeness (QED) is 0.738. The molecule has 1 aromatic rings. The van der Waals surface area contributed by atoms with Crippen molar-refractivity contribution >= 4 is 5.91 Å². The van der Waals surface area contributed by atoms with E-state index in [-0.39, 0.29) is 0 Å². The molecule has 1 saturated heterocycles. The van der Waals surface area contributed by atoms with Crippen LogP contribution in [0.1, 0.15) is 77.0 Å². The molecule has 0 atom stereocenters. The molecular formula is C22H36N2O. The number of aryl methyl sites for hydroxylation is 2. The lowest BCUT2D eigenvalue weighted by molar-refractivity contribution is -0.144. The van der Waals surface area contributed by atoms with Crippen LogP contribution in [0.15, 0.2) is 18.3 Å². The largest absolute Gasteiger partial charge is 0.341 e. The summed E-state index contributed by atoms with van der Waals surface area (Å²) in [5.74, 6) is 1.12. The first-order valence-corrected chi connectivity index (χ1v) is 10.2. The zero-order valence-corrected chi connectivity index (χ0v) is 16.7. The van der Waals surface area contributed by atoms with Crippen molar-refractivity contribution in [1.29, 1.82) is 0 Å². The van der Waals surface area contributed by atoms with E-state index < -0.39 is 0 Å². The van der Waals surface area contributed by atoms with E-state index in [0.717, 1.165) is 25.9 Å². The first-order valence-electron chi connectivity index (χ1n) is 10.2. The molecule has 0 N–H and O–H groups in total. The highest BCUT2D eigenvalue weighted by atomic mass is 16.2. The molecule has 0 bridgehead atoms. The second-order valence-electron chi connectivity index (χ2n) is 7.93. The third-order valence-corrected chi connectivity index (χ3v) is 6.30. The van der Waals surface area contributed by atoms with Gasteiger partial charge in [0.15, 0.2) is 0 Å². The summed E-state index contributed by atoms with van der Waals surface area (Å²) in [6.07, 6.45) is 11.4. The number of likely N-dealkylation sites (tertiary alicyclic amines) is 1. The van der Waals surface area contributed by atoms with Gasteiger partial charge in [-0.25, -0.2) is 0 Å². The Balaban J connectivity index is 0.000000212. The molecule has 1 saturated carbocycles. The van der Waals surface area contributed by atoms with Crippen molar-refractivity contribution in [1.82, 2.24) is 9.88 Å². The minimum Gasteiger partial charge on any atom is -0.341 e. The summed E-state index contributed by atoms with van der Waals surface area (Å²) < 4.78 is 0. The Hall–Kier alpha value is -1.38. The van der Waals surface area contributed by atoms with Crippen LogP contribution in [-0.2, 0) is 11.2 Å². The molecule has 3 rings (SSSR count). The Bertz CT molecular complexity index is 537. The molecule has 1 amide bonds. The van der Waals surface area contributed by atoms with Crippen molar-refractivity contribution in [2.24, 2.45) is 11.3 Å². The predicted molar refractivity (Wildman–Crippen MR) is 105 cm³/mol. The van der Waals surface area contributed by atoms with E-state index in [1.807, 2.05) is 12.3 Å². The highest BCUT2D eigenvalue weighted by Gasteiger charge is 2.42. The van der Waals surface area contributed by atoms with E-state index in [2.05, 4.69) is 43.6 Å². The van der Waals surface area contributed by atoms with Gasteiger partial charge in [-0.1, -0.05) is 39.7 Å². The van der Waals surface area contributed by atoms with Crippen molar-refractivity contribution in [3.05, 3.63) is 29.6 Å². The summed E-state index contributed by atoms with van der Waals surface area (Å²) in [5, 5.41) is 0. The van der Waals surface area contributed by atoms with Gasteiger partial charge in [0.25, 0.3) is 0 Å². The van der Waals surface area contributed by atoms with Crippen LogP contribution in [0.3, 0.4) is 0 Å². The molecule has 0 unspecified atom stereocenters. The highest BCUT2D eigenvalue weighted by molar-refractivity contribution is 5.77. The summed E-state index contributed by atoms with van der Waals surface area (Å²) in [7, 11) is 0. The van der Waals surface area contributed by atoms with E-state index in [9.17, 15) is 4.79 Å².